The van der Waals surface area contributed by atoms with Crippen LogP contribution in [0, 0.1) is 0 Å². The molecule has 0 spiro atoms. The first-order chi connectivity index (χ1) is 16.4. The molecule has 1 aliphatic rings. The van der Waals surface area contributed by atoms with Crippen LogP contribution in [0.5, 0.6) is 0 Å². The predicted octanol–water partition coefficient (Wildman–Crippen LogP) is 4.10. The number of para-hydroxylation sites is 1. The third kappa shape index (κ3) is 5.80. The molecule has 3 aromatic rings. The summed E-state index contributed by atoms with van der Waals surface area (Å²) in [5.41, 5.74) is 2.50. The van der Waals surface area contributed by atoms with Crippen LogP contribution < -0.4 is 4.90 Å². The van der Waals surface area contributed by atoms with Crippen molar-refractivity contribution in [2.75, 3.05) is 17.3 Å². The number of ether oxygens (including phenoxy) is 1. The van der Waals surface area contributed by atoms with E-state index in [4.69, 9.17) is 4.74 Å². The summed E-state index contributed by atoms with van der Waals surface area (Å²) in [4.78, 5) is 27.3. The second-order valence-electron chi connectivity index (χ2n) is 8.06. The number of carbonyl (C=O) groups is 2. The monoisotopic (exact) mass is 475 g/mol. The minimum Gasteiger partial charge on any atom is -0.456 e. The molecule has 0 aliphatic carbocycles. The van der Waals surface area contributed by atoms with E-state index in [1.807, 2.05) is 60.7 Å². The van der Waals surface area contributed by atoms with Gasteiger partial charge in [0.15, 0.2) is 16.4 Å². The Morgan fingerprint density at radius 3 is 1.88 bits per heavy atom. The third-order valence-corrected chi connectivity index (χ3v) is 7.06. The summed E-state index contributed by atoms with van der Waals surface area (Å²) in [5.74, 6) is -1.40. The van der Waals surface area contributed by atoms with Crippen LogP contribution in [0.2, 0.25) is 0 Å². The lowest BCUT2D eigenvalue weighted by molar-refractivity contribution is -0.148. The Morgan fingerprint density at radius 1 is 0.853 bits per heavy atom. The summed E-state index contributed by atoms with van der Waals surface area (Å²) >= 11 is 0. The first-order valence-corrected chi connectivity index (χ1v) is 12.7. The average Bonchev–Trinajstić information content (AvgIpc) is 3.22. The lowest BCUT2D eigenvalue weighted by atomic mass is 9.89. The van der Waals surface area contributed by atoms with Crippen molar-refractivity contribution in [3.05, 3.63) is 114 Å². The van der Waals surface area contributed by atoms with Gasteiger partial charge in [-0.25, -0.2) is 8.42 Å². The lowest BCUT2D eigenvalue weighted by Gasteiger charge is -2.27. The standard InChI is InChI=1S/C27H25NO5S/c29-26(28(23-14-8-3-9-15-23)24-16-17-34(31,32)20-24)19-33-27(30)18-25(21-10-4-1-5-11-21)22-12-6-2-7-13-22/h1-17,24-25H,18-20H2. The largest absolute Gasteiger partial charge is 0.456 e. The van der Waals surface area contributed by atoms with Crippen LogP contribution in [0.1, 0.15) is 23.5 Å². The third-order valence-electron chi connectivity index (χ3n) is 5.68. The Labute approximate surface area is 199 Å². The number of nitrogens with zero attached hydrogens (tertiary/aromatic N) is 1. The summed E-state index contributed by atoms with van der Waals surface area (Å²) in [6, 6.07) is 27.5. The fourth-order valence-electron chi connectivity index (χ4n) is 4.07. The molecule has 1 atom stereocenters. The lowest BCUT2D eigenvalue weighted by Crippen LogP contribution is -2.43. The highest BCUT2D eigenvalue weighted by Crippen LogP contribution is 2.28. The minimum atomic E-state index is -3.37. The van der Waals surface area contributed by atoms with Crippen molar-refractivity contribution in [3.63, 3.8) is 0 Å². The van der Waals surface area contributed by atoms with Crippen molar-refractivity contribution >= 4 is 27.4 Å². The van der Waals surface area contributed by atoms with Gasteiger partial charge in [-0.05, 0) is 29.3 Å². The summed E-state index contributed by atoms with van der Waals surface area (Å²) in [5, 5.41) is 1.12. The van der Waals surface area contributed by atoms with Gasteiger partial charge in [-0.2, -0.15) is 0 Å². The number of amides is 1. The summed E-state index contributed by atoms with van der Waals surface area (Å²) in [6.45, 7) is -0.478. The molecule has 0 saturated heterocycles. The van der Waals surface area contributed by atoms with Gasteiger partial charge in [0.05, 0.1) is 18.2 Å². The SMILES string of the molecule is O=C(CC(c1ccccc1)c1ccccc1)OCC(=O)N(c1ccccc1)C1C=CS(=O)(=O)C1. The van der Waals surface area contributed by atoms with E-state index in [0.29, 0.717) is 5.69 Å². The number of esters is 1. The molecule has 3 aromatic carbocycles. The zero-order chi connectivity index (χ0) is 24.0. The molecule has 0 bridgehead atoms. The van der Waals surface area contributed by atoms with E-state index in [0.717, 1.165) is 16.5 Å². The van der Waals surface area contributed by atoms with Crippen LogP contribution in [0.15, 0.2) is 102 Å². The number of rotatable bonds is 8. The van der Waals surface area contributed by atoms with E-state index >= 15 is 0 Å². The Bertz CT molecular complexity index is 1220. The maximum absolute atomic E-state index is 13.1. The van der Waals surface area contributed by atoms with Crippen LogP contribution in [0.25, 0.3) is 0 Å². The van der Waals surface area contributed by atoms with Crippen LogP contribution in [-0.2, 0) is 24.2 Å². The highest BCUT2D eigenvalue weighted by molar-refractivity contribution is 7.94. The molecule has 4 rings (SSSR count). The van der Waals surface area contributed by atoms with E-state index in [1.54, 1.807) is 30.3 Å². The van der Waals surface area contributed by atoms with Crippen LogP contribution >= 0.6 is 0 Å². The van der Waals surface area contributed by atoms with Crippen LogP contribution in [0.3, 0.4) is 0 Å². The molecule has 1 unspecified atom stereocenters. The molecule has 1 amide bonds. The highest BCUT2D eigenvalue weighted by Gasteiger charge is 2.32. The van der Waals surface area contributed by atoms with Gasteiger partial charge in [-0.1, -0.05) is 78.9 Å². The van der Waals surface area contributed by atoms with Gasteiger partial charge in [0.1, 0.15) is 0 Å². The maximum atomic E-state index is 13.1. The van der Waals surface area contributed by atoms with Gasteiger partial charge >= 0.3 is 5.97 Å². The molecule has 0 fully saturated rings. The quantitative estimate of drug-likeness (QED) is 0.459. The van der Waals surface area contributed by atoms with E-state index in [2.05, 4.69) is 0 Å². The number of carbonyl (C=O) groups excluding carboxylic acids is 2. The van der Waals surface area contributed by atoms with Gasteiger partial charge in [-0.3, -0.25) is 9.59 Å². The molecule has 1 aliphatic heterocycles. The van der Waals surface area contributed by atoms with Gasteiger partial charge in [0.25, 0.3) is 5.91 Å². The molecule has 7 heteroatoms. The molecule has 174 valence electrons. The summed E-state index contributed by atoms with van der Waals surface area (Å²) in [7, 11) is -3.37. The predicted molar refractivity (Wildman–Crippen MR) is 131 cm³/mol. The van der Waals surface area contributed by atoms with Crippen molar-refractivity contribution in [2.24, 2.45) is 0 Å². The molecule has 0 aromatic heterocycles. The maximum Gasteiger partial charge on any atom is 0.307 e. The average molecular weight is 476 g/mol. The molecule has 0 saturated carbocycles. The smallest absolute Gasteiger partial charge is 0.307 e. The van der Waals surface area contributed by atoms with Crippen molar-refractivity contribution < 1.29 is 22.7 Å². The van der Waals surface area contributed by atoms with Gasteiger partial charge in [0, 0.05) is 17.0 Å². The second-order valence-corrected chi connectivity index (χ2v) is 9.99. The highest BCUT2D eigenvalue weighted by atomic mass is 32.2. The topological polar surface area (TPSA) is 80.8 Å². The first-order valence-electron chi connectivity index (χ1n) is 11.0. The van der Waals surface area contributed by atoms with Crippen molar-refractivity contribution in [3.8, 4) is 0 Å². The minimum absolute atomic E-state index is 0.0738. The second kappa shape index (κ2) is 10.5. The van der Waals surface area contributed by atoms with Gasteiger partial charge in [0.2, 0.25) is 0 Å². The van der Waals surface area contributed by atoms with Crippen LogP contribution in [-0.4, -0.2) is 38.7 Å². The molecule has 1 heterocycles. The zero-order valence-corrected chi connectivity index (χ0v) is 19.3. The van der Waals surface area contributed by atoms with Crippen molar-refractivity contribution in [2.45, 2.75) is 18.4 Å². The molecule has 6 nitrogen and oxygen atoms in total. The Kier molecular flexibility index (Phi) is 7.23. The Hall–Kier alpha value is -3.71. The van der Waals surface area contributed by atoms with E-state index < -0.39 is 34.4 Å². The van der Waals surface area contributed by atoms with Gasteiger partial charge < -0.3 is 9.64 Å². The number of hydrogen-bond donors (Lipinski definition) is 0. The van der Waals surface area contributed by atoms with E-state index in [9.17, 15) is 18.0 Å². The Morgan fingerprint density at radius 2 is 1.38 bits per heavy atom. The fraction of sp³-hybridized carbons (Fsp3) is 0.185. The normalized spacial score (nSPS) is 16.3. The molecule has 0 radical (unpaired) electrons. The number of sulfone groups is 1. The zero-order valence-electron chi connectivity index (χ0n) is 18.5. The summed E-state index contributed by atoms with van der Waals surface area (Å²) < 4.78 is 29.3. The number of anilines is 1. The molecular formula is C27H25NO5S. The molecular weight excluding hydrogens is 450 g/mol. The van der Waals surface area contributed by atoms with Crippen LogP contribution in [0.4, 0.5) is 5.69 Å². The summed E-state index contributed by atoms with van der Waals surface area (Å²) in [6.07, 6.45) is 1.56. The van der Waals surface area contributed by atoms with Crippen molar-refractivity contribution in [1.29, 1.82) is 0 Å². The Balaban J connectivity index is 1.47. The number of hydrogen-bond acceptors (Lipinski definition) is 5. The fourth-order valence-corrected chi connectivity index (χ4v) is 5.33. The number of benzene rings is 3. The molecule has 34 heavy (non-hydrogen) atoms. The van der Waals surface area contributed by atoms with E-state index in [-0.39, 0.29) is 18.1 Å². The van der Waals surface area contributed by atoms with Crippen molar-refractivity contribution in [1.82, 2.24) is 0 Å². The first kappa shape index (κ1) is 23.4. The molecule has 0 N–H and O–H groups in total. The van der Waals surface area contributed by atoms with E-state index in [1.165, 1.54) is 11.0 Å². The van der Waals surface area contributed by atoms with Gasteiger partial charge in [-0.15, -0.1) is 0 Å².